The van der Waals surface area contributed by atoms with Crippen molar-refractivity contribution < 1.29 is 0 Å². The molecule has 1 aromatic rings. The molecule has 0 heterocycles. The van der Waals surface area contributed by atoms with Crippen molar-refractivity contribution in [3.8, 4) is 11.8 Å². The van der Waals surface area contributed by atoms with E-state index in [0.717, 1.165) is 11.1 Å². The summed E-state index contributed by atoms with van der Waals surface area (Å²) in [5.74, 6) is 6.48. The van der Waals surface area contributed by atoms with Gasteiger partial charge in [-0.25, -0.2) is 0 Å². The van der Waals surface area contributed by atoms with Crippen molar-refractivity contribution in [2.45, 2.75) is 13.3 Å². The van der Waals surface area contributed by atoms with Gasteiger partial charge in [-0.2, -0.15) is 0 Å². The van der Waals surface area contributed by atoms with Gasteiger partial charge in [0, 0.05) is 17.9 Å². The Labute approximate surface area is 89.2 Å². The third kappa shape index (κ3) is 2.58. The smallest absolute Gasteiger partial charge is 0.0578 e. The maximum atomic E-state index is 5.71. The zero-order valence-electron chi connectivity index (χ0n) is 8.10. The van der Waals surface area contributed by atoms with Crippen molar-refractivity contribution in [2.24, 2.45) is 0 Å². The summed E-state index contributed by atoms with van der Waals surface area (Å²) in [6.45, 7) is 1.92. The van der Waals surface area contributed by atoms with Crippen molar-refractivity contribution in [2.75, 3.05) is 17.3 Å². The van der Waals surface area contributed by atoms with E-state index in [1.165, 1.54) is 0 Å². The third-order valence-corrected chi connectivity index (χ3v) is 2.06. The van der Waals surface area contributed by atoms with E-state index in [4.69, 9.17) is 23.1 Å². The molecule has 0 atom stereocenters. The van der Waals surface area contributed by atoms with Crippen LogP contribution in [0.4, 0.5) is 11.4 Å². The molecule has 0 saturated carbocycles. The van der Waals surface area contributed by atoms with E-state index in [0.29, 0.717) is 23.7 Å². The van der Waals surface area contributed by atoms with Gasteiger partial charge in [0.05, 0.1) is 11.4 Å². The molecule has 0 radical (unpaired) electrons. The number of benzene rings is 1. The maximum absolute atomic E-state index is 5.71. The van der Waals surface area contributed by atoms with Crippen LogP contribution in [0.3, 0.4) is 0 Å². The van der Waals surface area contributed by atoms with Crippen LogP contribution < -0.4 is 11.5 Å². The van der Waals surface area contributed by atoms with Crippen LogP contribution in [0.25, 0.3) is 0 Å². The third-order valence-electron chi connectivity index (χ3n) is 1.87. The fourth-order valence-corrected chi connectivity index (χ4v) is 1.20. The molecule has 3 heteroatoms. The lowest BCUT2D eigenvalue weighted by molar-refractivity contribution is 1.29. The van der Waals surface area contributed by atoms with Gasteiger partial charge in [0.2, 0.25) is 0 Å². The molecule has 0 aromatic heterocycles. The van der Waals surface area contributed by atoms with Gasteiger partial charge in [-0.15, -0.1) is 11.6 Å². The second-order valence-electron chi connectivity index (χ2n) is 3.04. The molecule has 14 heavy (non-hydrogen) atoms. The fourth-order valence-electron chi connectivity index (χ4n) is 1.11. The molecule has 0 saturated heterocycles. The Morgan fingerprint density at radius 1 is 1.36 bits per heavy atom. The van der Waals surface area contributed by atoms with E-state index in [1.54, 1.807) is 6.07 Å². The monoisotopic (exact) mass is 208 g/mol. The summed E-state index contributed by atoms with van der Waals surface area (Å²) in [6, 6.07) is 3.70. The average Bonchev–Trinajstić information content (AvgIpc) is 2.14. The number of aryl methyl sites for hydroxylation is 1. The fraction of sp³-hybridized carbons (Fsp3) is 0.273. The van der Waals surface area contributed by atoms with Crippen LogP contribution >= 0.6 is 11.6 Å². The largest absolute Gasteiger partial charge is 0.397 e. The van der Waals surface area contributed by atoms with Crippen LogP contribution in [0, 0.1) is 18.8 Å². The summed E-state index contributed by atoms with van der Waals surface area (Å²) in [6.07, 6.45) is 0.685. The Morgan fingerprint density at radius 2 is 2.07 bits per heavy atom. The first-order valence-corrected chi connectivity index (χ1v) is 4.89. The molecule has 2 nitrogen and oxygen atoms in total. The summed E-state index contributed by atoms with van der Waals surface area (Å²) in [7, 11) is 0. The van der Waals surface area contributed by atoms with Crippen LogP contribution in [0.5, 0.6) is 0 Å². The van der Waals surface area contributed by atoms with E-state index in [9.17, 15) is 0 Å². The van der Waals surface area contributed by atoms with Crippen LogP contribution in [-0.4, -0.2) is 5.88 Å². The maximum Gasteiger partial charge on any atom is 0.0578 e. The van der Waals surface area contributed by atoms with E-state index < -0.39 is 0 Å². The summed E-state index contributed by atoms with van der Waals surface area (Å²) < 4.78 is 0. The molecule has 0 aliphatic carbocycles. The zero-order valence-corrected chi connectivity index (χ0v) is 8.86. The molecule has 1 aromatic carbocycles. The molecule has 4 N–H and O–H groups in total. The highest BCUT2D eigenvalue weighted by molar-refractivity contribution is 6.18. The minimum absolute atomic E-state index is 0.552. The van der Waals surface area contributed by atoms with E-state index in [2.05, 4.69) is 11.8 Å². The quantitative estimate of drug-likeness (QED) is 0.422. The minimum Gasteiger partial charge on any atom is -0.397 e. The Hall–Kier alpha value is -1.33. The highest BCUT2D eigenvalue weighted by atomic mass is 35.5. The lowest BCUT2D eigenvalue weighted by Gasteiger charge is -2.04. The Morgan fingerprint density at radius 3 is 2.64 bits per heavy atom. The van der Waals surface area contributed by atoms with E-state index >= 15 is 0 Å². The van der Waals surface area contributed by atoms with Crippen molar-refractivity contribution in [1.82, 2.24) is 0 Å². The van der Waals surface area contributed by atoms with Crippen LogP contribution in [-0.2, 0) is 0 Å². The number of nitrogen functional groups attached to an aromatic ring is 2. The zero-order chi connectivity index (χ0) is 10.6. The summed E-state index contributed by atoms with van der Waals surface area (Å²) in [5, 5.41) is 0. The first-order chi connectivity index (χ1) is 6.65. The van der Waals surface area contributed by atoms with Gasteiger partial charge in [-0.1, -0.05) is 11.8 Å². The van der Waals surface area contributed by atoms with Crippen LogP contribution in [0.1, 0.15) is 17.5 Å². The number of anilines is 2. The number of hydrogen-bond acceptors (Lipinski definition) is 2. The number of halogens is 1. The van der Waals surface area contributed by atoms with Gasteiger partial charge < -0.3 is 11.5 Å². The number of nitrogens with two attached hydrogens (primary N) is 2. The van der Waals surface area contributed by atoms with Gasteiger partial charge in [0.1, 0.15) is 0 Å². The summed E-state index contributed by atoms with van der Waals surface area (Å²) >= 11 is 5.51. The first-order valence-electron chi connectivity index (χ1n) is 4.35. The summed E-state index contributed by atoms with van der Waals surface area (Å²) in [5.41, 5.74) is 14.5. The number of rotatable bonds is 1. The molecule has 1 rings (SSSR count). The van der Waals surface area contributed by atoms with Gasteiger partial charge >= 0.3 is 0 Å². The van der Waals surface area contributed by atoms with Gasteiger partial charge in [-0.05, 0) is 24.6 Å². The van der Waals surface area contributed by atoms with Crippen molar-refractivity contribution in [1.29, 1.82) is 0 Å². The molecular formula is C11H13ClN2. The molecule has 0 bridgehead atoms. The molecular weight excluding hydrogens is 196 g/mol. The Kier molecular flexibility index (Phi) is 3.67. The normalized spacial score (nSPS) is 9.29. The highest BCUT2D eigenvalue weighted by Crippen LogP contribution is 2.20. The van der Waals surface area contributed by atoms with Gasteiger partial charge in [0.15, 0.2) is 0 Å². The SMILES string of the molecule is Cc1cc(C#CCCCl)cc(N)c1N. The Balaban J connectivity index is 2.97. The van der Waals surface area contributed by atoms with Crippen molar-refractivity contribution >= 4 is 23.0 Å². The minimum atomic E-state index is 0.552. The first kappa shape index (κ1) is 10.7. The second-order valence-corrected chi connectivity index (χ2v) is 3.41. The van der Waals surface area contributed by atoms with Crippen LogP contribution in [0.2, 0.25) is 0 Å². The molecule has 74 valence electrons. The van der Waals surface area contributed by atoms with E-state index in [-0.39, 0.29) is 0 Å². The van der Waals surface area contributed by atoms with Gasteiger partial charge in [-0.3, -0.25) is 0 Å². The molecule has 0 aliphatic heterocycles. The number of hydrogen-bond donors (Lipinski definition) is 2. The lowest BCUT2D eigenvalue weighted by Crippen LogP contribution is -1.97. The average molecular weight is 209 g/mol. The van der Waals surface area contributed by atoms with E-state index in [1.807, 2.05) is 13.0 Å². The standard InChI is InChI=1S/C11H13ClN2/c1-8-6-9(4-2-3-5-12)7-10(13)11(8)14/h6-7H,3,5,13-14H2,1H3. The van der Waals surface area contributed by atoms with Gasteiger partial charge in [0.25, 0.3) is 0 Å². The lowest BCUT2D eigenvalue weighted by atomic mass is 10.1. The predicted molar refractivity (Wildman–Crippen MR) is 62.2 cm³/mol. The number of alkyl halides is 1. The molecule has 0 fully saturated rings. The van der Waals surface area contributed by atoms with Crippen molar-refractivity contribution in [3.05, 3.63) is 23.3 Å². The second kappa shape index (κ2) is 4.78. The Bertz CT molecular complexity index is 365. The molecule has 0 aliphatic rings. The molecule has 0 spiro atoms. The van der Waals surface area contributed by atoms with Crippen molar-refractivity contribution in [3.63, 3.8) is 0 Å². The topological polar surface area (TPSA) is 52.0 Å². The summed E-state index contributed by atoms with van der Waals surface area (Å²) in [4.78, 5) is 0. The van der Waals surface area contributed by atoms with Crippen LogP contribution in [0.15, 0.2) is 12.1 Å². The molecule has 0 unspecified atom stereocenters. The molecule has 0 amide bonds. The highest BCUT2D eigenvalue weighted by Gasteiger charge is 1.99. The predicted octanol–water partition coefficient (Wildman–Crippen LogP) is 2.14.